The van der Waals surface area contributed by atoms with Crippen LogP contribution in [0.2, 0.25) is 0 Å². The summed E-state index contributed by atoms with van der Waals surface area (Å²) in [5.41, 5.74) is 0. The fourth-order valence-corrected chi connectivity index (χ4v) is 2.81. The molecule has 6 nitrogen and oxygen atoms in total. The maximum absolute atomic E-state index is 11.0. The first-order chi connectivity index (χ1) is 5.83. The average Bonchev–Trinajstić information content (AvgIpc) is 2.03. The second kappa shape index (κ2) is 3.50. The van der Waals surface area contributed by atoms with E-state index in [0.29, 0.717) is 0 Å². The average molecular weight is 212 g/mol. The lowest BCUT2D eigenvalue weighted by atomic mass is 10.1. The molecule has 4 atom stereocenters. The van der Waals surface area contributed by atoms with Gasteiger partial charge in [-0.05, 0) is 0 Å². The monoisotopic (exact) mass is 212 g/mol. The minimum atomic E-state index is -3.60. The molecule has 1 fully saturated rings. The Morgan fingerprint density at radius 1 is 0.846 bits per heavy atom. The summed E-state index contributed by atoms with van der Waals surface area (Å²) in [5, 5.41) is 36.4. The molecule has 0 radical (unpaired) electrons. The molecule has 0 aromatic carbocycles. The number of aliphatic hydroxyl groups is 4. The first-order valence-corrected chi connectivity index (χ1v) is 5.58. The summed E-state index contributed by atoms with van der Waals surface area (Å²) < 4.78 is 22.1. The van der Waals surface area contributed by atoms with Gasteiger partial charge in [-0.15, -0.1) is 0 Å². The van der Waals surface area contributed by atoms with E-state index in [1.165, 1.54) is 0 Å². The van der Waals surface area contributed by atoms with Gasteiger partial charge in [0, 0.05) is 0 Å². The summed E-state index contributed by atoms with van der Waals surface area (Å²) in [4.78, 5) is 0. The molecule has 1 heterocycles. The van der Waals surface area contributed by atoms with Crippen molar-refractivity contribution in [3.05, 3.63) is 0 Å². The molecule has 7 heteroatoms. The fraction of sp³-hybridized carbons (Fsp3) is 1.00. The Labute approximate surface area is 75.4 Å². The van der Waals surface area contributed by atoms with E-state index in [1.54, 1.807) is 0 Å². The van der Waals surface area contributed by atoms with E-state index in [1.807, 2.05) is 0 Å². The normalized spacial score (nSPS) is 45.5. The number of hydrogen-bond donors (Lipinski definition) is 4. The molecule has 1 rings (SSSR count). The van der Waals surface area contributed by atoms with E-state index in [2.05, 4.69) is 0 Å². The lowest BCUT2D eigenvalue weighted by molar-refractivity contribution is -0.0894. The number of hydrogen-bond acceptors (Lipinski definition) is 6. The lowest BCUT2D eigenvalue weighted by Gasteiger charge is -2.20. The van der Waals surface area contributed by atoms with Crippen LogP contribution < -0.4 is 0 Å². The lowest BCUT2D eigenvalue weighted by Crippen LogP contribution is -2.43. The van der Waals surface area contributed by atoms with Crippen molar-refractivity contribution in [2.75, 3.05) is 11.5 Å². The van der Waals surface area contributed by atoms with Gasteiger partial charge in [-0.3, -0.25) is 0 Å². The minimum Gasteiger partial charge on any atom is -0.389 e. The zero-order chi connectivity index (χ0) is 10.2. The molecule has 0 amide bonds. The summed E-state index contributed by atoms with van der Waals surface area (Å²) >= 11 is 0. The van der Waals surface area contributed by atoms with Gasteiger partial charge in [-0.2, -0.15) is 0 Å². The molecule has 0 aliphatic carbocycles. The molecule has 1 aliphatic rings. The van der Waals surface area contributed by atoms with Gasteiger partial charge in [-0.25, -0.2) is 8.42 Å². The Bertz CT molecular complexity index is 251. The fourth-order valence-electron chi connectivity index (χ4n) is 1.24. The highest BCUT2D eigenvalue weighted by atomic mass is 32.2. The predicted molar refractivity (Wildman–Crippen MR) is 42.7 cm³/mol. The molecular weight excluding hydrogens is 200 g/mol. The predicted octanol–water partition coefficient (Wildman–Crippen LogP) is -3.14. The van der Waals surface area contributed by atoms with Gasteiger partial charge < -0.3 is 20.4 Å². The highest BCUT2D eigenvalue weighted by molar-refractivity contribution is 7.91. The van der Waals surface area contributed by atoms with Gasteiger partial charge in [-0.1, -0.05) is 0 Å². The minimum absolute atomic E-state index is 0.637. The molecule has 0 spiro atoms. The van der Waals surface area contributed by atoms with Crippen molar-refractivity contribution >= 4 is 9.84 Å². The molecule has 78 valence electrons. The van der Waals surface area contributed by atoms with E-state index in [4.69, 9.17) is 20.4 Å². The largest absolute Gasteiger partial charge is 0.389 e. The van der Waals surface area contributed by atoms with Gasteiger partial charge in [0.1, 0.15) is 12.2 Å². The highest BCUT2D eigenvalue weighted by Crippen LogP contribution is 2.14. The molecule has 0 saturated carbocycles. The van der Waals surface area contributed by atoms with Crippen LogP contribution in [0, 0.1) is 0 Å². The molecule has 0 aromatic heterocycles. The van der Waals surface area contributed by atoms with Crippen molar-refractivity contribution in [3.8, 4) is 0 Å². The zero-order valence-electron chi connectivity index (χ0n) is 6.74. The first-order valence-electron chi connectivity index (χ1n) is 3.76. The van der Waals surface area contributed by atoms with Crippen LogP contribution in [-0.2, 0) is 9.84 Å². The molecule has 0 aromatic rings. The molecule has 13 heavy (non-hydrogen) atoms. The Morgan fingerprint density at radius 2 is 1.15 bits per heavy atom. The Kier molecular flexibility index (Phi) is 2.93. The van der Waals surface area contributed by atoms with Crippen LogP contribution in [0.25, 0.3) is 0 Å². The molecule has 0 unspecified atom stereocenters. The van der Waals surface area contributed by atoms with Crippen LogP contribution in [0.5, 0.6) is 0 Å². The van der Waals surface area contributed by atoms with Crippen molar-refractivity contribution < 1.29 is 28.8 Å². The van der Waals surface area contributed by atoms with Crippen molar-refractivity contribution in [3.63, 3.8) is 0 Å². The summed E-state index contributed by atoms with van der Waals surface area (Å²) in [6.45, 7) is 0. The number of sulfone groups is 1. The van der Waals surface area contributed by atoms with E-state index in [9.17, 15) is 8.42 Å². The number of aliphatic hydroxyl groups excluding tert-OH is 4. The van der Waals surface area contributed by atoms with Gasteiger partial charge in [0.2, 0.25) is 0 Å². The third-order valence-electron chi connectivity index (χ3n) is 1.99. The second-order valence-electron chi connectivity index (χ2n) is 3.19. The molecule has 0 bridgehead atoms. The molecule has 1 aliphatic heterocycles. The van der Waals surface area contributed by atoms with Gasteiger partial charge in [0.25, 0.3) is 0 Å². The van der Waals surface area contributed by atoms with Crippen LogP contribution in [-0.4, -0.2) is 64.8 Å². The summed E-state index contributed by atoms with van der Waals surface area (Å²) in [7, 11) is -3.60. The van der Waals surface area contributed by atoms with Crippen LogP contribution >= 0.6 is 0 Å². The van der Waals surface area contributed by atoms with Crippen LogP contribution in [0.4, 0.5) is 0 Å². The standard InChI is InChI=1S/C6H12O6S/c7-3-1-13(11,12)2-4(8)6(10)5(3)9/h3-10H,1-2H2/t3-,4-,5+,6+/m0/s1. The Balaban J connectivity index is 2.92. The number of rotatable bonds is 0. The summed E-state index contributed by atoms with van der Waals surface area (Å²) in [6.07, 6.45) is -6.33. The van der Waals surface area contributed by atoms with Gasteiger partial charge in [0.05, 0.1) is 23.7 Å². The maximum atomic E-state index is 11.0. The quantitative estimate of drug-likeness (QED) is 0.337. The van der Waals surface area contributed by atoms with E-state index in [0.717, 1.165) is 0 Å². The van der Waals surface area contributed by atoms with Crippen molar-refractivity contribution in [2.45, 2.75) is 24.4 Å². The van der Waals surface area contributed by atoms with E-state index >= 15 is 0 Å². The maximum Gasteiger partial charge on any atom is 0.155 e. The first kappa shape index (κ1) is 10.9. The molecule has 1 saturated heterocycles. The SMILES string of the molecule is O=S1(=O)C[C@H](O)[C@@H](O)[C@H](O)[C@@H](O)C1. The zero-order valence-corrected chi connectivity index (χ0v) is 7.55. The highest BCUT2D eigenvalue weighted by Gasteiger charge is 2.39. The van der Waals surface area contributed by atoms with Crippen molar-refractivity contribution in [2.24, 2.45) is 0 Å². The summed E-state index contributed by atoms with van der Waals surface area (Å²) in [6, 6.07) is 0. The van der Waals surface area contributed by atoms with Crippen LogP contribution in [0.3, 0.4) is 0 Å². The smallest absolute Gasteiger partial charge is 0.155 e. The van der Waals surface area contributed by atoms with Crippen molar-refractivity contribution in [1.29, 1.82) is 0 Å². The third kappa shape index (κ3) is 2.38. The van der Waals surface area contributed by atoms with E-state index < -0.39 is 45.8 Å². The summed E-state index contributed by atoms with van der Waals surface area (Å²) in [5.74, 6) is -1.27. The second-order valence-corrected chi connectivity index (χ2v) is 5.35. The molecule has 4 N–H and O–H groups in total. The molecular formula is C6H12O6S. The van der Waals surface area contributed by atoms with Crippen LogP contribution in [0.15, 0.2) is 0 Å². The Morgan fingerprint density at radius 3 is 1.46 bits per heavy atom. The van der Waals surface area contributed by atoms with E-state index in [-0.39, 0.29) is 0 Å². The van der Waals surface area contributed by atoms with Gasteiger partial charge in [0.15, 0.2) is 9.84 Å². The van der Waals surface area contributed by atoms with Crippen molar-refractivity contribution in [1.82, 2.24) is 0 Å². The van der Waals surface area contributed by atoms with Gasteiger partial charge >= 0.3 is 0 Å². The third-order valence-corrected chi connectivity index (χ3v) is 3.69. The van der Waals surface area contributed by atoms with Crippen LogP contribution in [0.1, 0.15) is 0 Å². The topological polar surface area (TPSA) is 115 Å². The Hall–Kier alpha value is -0.210.